The summed E-state index contributed by atoms with van der Waals surface area (Å²) in [6.45, 7) is 4.92. The molecule has 0 aliphatic carbocycles. The van der Waals surface area contributed by atoms with E-state index < -0.39 is 28.5 Å². The van der Waals surface area contributed by atoms with Gasteiger partial charge in [0.2, 0.25) is 21.8 Å². The second-order valence-electron chi connectivity index (χ2n) is 9.93. The van der Waals surface area contributed by atoms with Crippen molar-refractivity contribution in [1.82, 2.24) is 10.2 Å². The van der Waals surface area contributed by atoms with Gasteiger partial charge < -0.3 is 10.2 Å². The number of carbonyl (C=O) groups is 2. The van der Waals surface area contributed by atoms with E-state index in [1.807, 2.05) is 44.2 Å². The summed E-state index contributed by atoms with van der Waals surface area (Å²) in [5.41, 5.74) is 2.18. The second-order valence-corrected chi connectivity index (χ2v) is 13.1. The maximum Gasteiger partial charge on any atom is 0.244 e. The number of amides is 2. The van der Waals surface area contributed by atoms with Crippen LogP contribution in [0.4, 0.5) is 5.69 Å². The Bertz CT molecular complexity index is 1490. The maximum atomic E-state index is 14.2. The van der Waals surface area contributed by atoms with Gasteiger partial charge in [0.1, 0.15) is 12.6 Å². The molecule has 3 aromatic rings. The van der Waals surface area contributed by atoms with Gasteiger partial charge in [-0.2, -0.15) is 0 Å². The van der Waals surface area contributed by atoms with E-state index in [0.29, 0.717) is 32.6 Å². The third-order valence-electron chi connectivity index (χ3n) is 6.81. The highest BCUT2D eigenvalue weighted by molar-refractivity contribution is 7.92. The average molecular weight is 639 g/mol. The van der Waals surface area contributed by atoms with Crippen molar-refractivity contribution in [2.75, 3.05) is 17.1 Å². The molecule has 0 bridgehead atoms. The summed E-state index contributed by atoms with van der Waals surface area (Å²) in [5, 5.41) is 4.10. The van der Waals surface area contributed by atoms with Crippen LogP contribution in [-0.4, -0.2) is 50.0 Å². The molecule has 3 rings (SSSR count). The molecule has 7 nitrogen and oxygen atoms in total. The lowest BCUT2D eigenvalue weighted by Gasteiger charge is -2.34. The van der Waals surface area contributed by atoms with E-state index >= 15 is 0 Å². The minimum Gasteiger partial charge on any atom is -0.352 e. The smallest absolute Gasteiger partial charge is 0.244 e. The summed E-state index contributed by atoms with van der Waals surface area (Å²) < 4.78 is 27.0. The first-order valence-corrected chi connectivity index (χ1v) is 16.1. The van der Waals surface area contributed by atoms with E-state index in [-0.39, 0.29) is 30.6 Å². The van der Waals surface area contributed by atoms with Crippen LogP contribution in [0, 0.1) is 6.92 Å². The van der Waals surface area contributed by atoms with Crippen molar-refractivity contribution in [1.29, 1.82) is 0 Å². The van der Waals surface area contributed by atoms with E-state index in [0.717, 1.165) is 16.1 Å². The summed E-state index contributed by atoms with van der Waals surface area (Å²) in [6, 6.07) is 18.0. The monoisotopic (exact) mass is 637 g/mol. The largest absolute Gasteiger partial charge is 0.352 e. The molecule has 0 spiro atoms. The molecule has 0 saturated heterocycles. The SMILES string of the molecule is CC[C@H](C)NC(=O)[C@H](Cc1ccccc1)N(Cc1ccc(Cl)cc1Cl)C(=O)CN(c1cccc(Cl)c1C)S(C)(=O)=O. The number of nitrogens with zero attached hydrogens (tertiary/aromatic N) is 2. The number of nitrogens with one attached hydrogen (secondary N) is 1. The van der Waals surface area contributed by atoms with Crippen LogP contribution in [0.2, 0.25) is 15.1 Å². The second kappa shape index (κ2) is 14.4. The first-order chi connectivity index (χ1) is 19.3. The molecule has 220 valence electrons. The zero-order valence-corrected chi connectivity index (χ0v) is 26.5. The molecule has 41 heavy (non-hydrogen) atoms. The minimum atomic E-state index is -3.92. The van der Waals surface area contributed by atoms with E-state index in [2.05, 4.69) is 5.32 Å². The molecular weight excluding hydrogens is 605 g/mol. The van der Waals surface area contributed by atoms with Crippen LogP contribution < -0.4 is 9.62 Å². The van der Waals surface area contributed by atoms with Crippen LogP contribution in [0.15, 0.2) is 66.7 Å². The number of halogens is 3. The van der Waals surface area contributed by atoms with E-state index in [4.69, 9.17) is 34.8 Å². The van der Waals surface area contributed by atoms with Gasteiger partial charge in [-0.25, -0.2) is 8.42 Å². The first kappa shape index (κ1) is 32.7. The van der Waals surface area contributed by atoms with Crippen molar-refractivity contribution in [3.63, 3.8) is 0 Å². The van der Waals surface area contributed by atoms with Crippen molar-refractivity contribution >= 4 is 62.3 Å². The predicted molar refractivity (Wildman–Crippen MR) is 167 cm³/mol. The normalized spacial score (nSPS) is 12.9. The molecule has 3 aromatic carbocycles. The first-order valence-electron chi connectivity index (χ1n) is 13.1. The molecule has 0 unspecified atom stereocenters. The Morgan fingerprint density at radius 2 is 1.63 bits per heavy atom. The van der Waals surface area contributed by atoms with Crippen molar-refractivity contribution in [3.8, 4) is 0 Å². The number of hydrogen-bond acceptors (Lipinski definition) is 4. The van der Waals surface area contributed by atoms with Gasteiger partial charge in [0.25, 0.3) is 0 Å². The van der Waals surface area contributed by atoms with Crippen molar-refractivity contribution in [2.45, 2.75) is 52.2 Å². The van der Waals surface area contributed by atoms with Gasteiger partial charge in [-0.3, -0.25) is 13.9 Å². The lowest BCUT2D eigenvalue weighted by molar-refractivity contribution is -0.140. The number of benzene rings is 3. The predicted octanol–water partition coefficient (Wildman–Crippen LogP) is 6.28. The third kappa shape index (κ3) is 8.85. The molecule has 0 radical (unpaired) electrons. The zero-order chi connectivity index (χ0) is 30.3. The summed E-state index contributed by atoms with van der Waals surface area (Å²) in [7, 11) is -3.92. The Morgan fingerprint density at radius 1 is 0.951 bits per heavy atom. The van der Waals surface area contributed by atoms with Crippen LogP contribution in [0.3, 0.4) is 0 Å². The number of hydrogen-bond donors (Lipinski definition) is 1. The highest BCUT2D eigenvalue weighted by atomic mass is 35.5. The molecule has 2 amide bonds. The van der Waals surface area contributed by atoms with Crippen LogP contribution in [0.5, 0.6) is 0 Å². The Balaban J connectivity index is 2.12. The van der Waals surface area contributed by atoms with Crippen LogP contribution >= 0.6 is 34.8 Å². The van der Waals surface area contributed by atoms with Gasteiger partial charge in [0.05, 0.1) is 11.9 Å². The van der Waals surface area contributed by atoms with Gasteiger partial charge in [-0.15, -0.1) is 0 Å². The quantitative estimate of drug-likeness (QED) is 0.253. The molecule has 0 aliphatic rings. The van der Waals surface area contributed by atoms with Gasteiger partial charge in [0.15, 0.2) is 0 Å². The van der Waals surface area contributed by atoms with Gasteiger partial charge >= 0.3 is 0 Å². The third-order valence-corrected chi connectivity index (χ3v) is 8.94. The number of carbonyl (C=O) groups excluding carboxylic acids is 2. The van der Waals surface area contributed by atoms with Crippen molar-refractivity contribution in [3.05, 3.63) is 98.5 Å². The number of sulfonamides is 1. The molecule has 0 aromatic heterocycles. The standard InChI is InChI=1S/C30H34Cl3N3O4S/c1-5-20(2)34-30(38)28(16-22-10-7-6-8-11-22)35(18-23-14-15-24(31)17-26(23)33)29(37)19-36(41(4,39)40)27-13-9-12-25(32)21(27)3/h6-15,17,20,28H,5,16,18-19H2,1-4H3,(H,34,38)/t20-,28-/m0/s1. The van der Waals surface area contributed by atoms with Crippen LogP contribution in [-0.2, 0) is 32.6 Å². The van der Waals surface area contributed by atoms with Gasteiger partial charge in [-0.1, -0.05) is 84.2 Å². The Morgan fingerprint density at radius 3 is 2.24 bits per heavy atom. The molecule has 0 fully saturated rings. The summed E-state index contributed by atoms with van der Waals surface area (Å²) in [5.74, 6) is -0.937. The summed E-state index contributed by atoms with van der Waals surface area (Å²) in [6.07, 6.45) is 1.92. The number of anilines is 1. The fourth-order valence-corrected chi connectivity index (χ4v) is 5.83. The lowest BCUT2D eigenvalue weighted by atomic mass is 10.0. The minimum absolute atomic E-state index is 0.0492. The Hall–Kier alpha value is -2.78. The topological polar surface area (TPSA) is 86.8 Å². The Labute approximate surface area is 257 Å². The van der Waals surface area contributed by atoms with E-state index in [9.17, 15) is 18.0 Å². The molecule has 2 atom stereocenters. The molecule has 11 heteroatoms. The molecule has 1 N–H and O–H groups in total. The lowest BCUT2D eigenvalue weighted by Crippen LogP contribution is -2.54. The van der Waals surface area contributed by atoms with Crippen molar-refractivity contribution < 1.29 is 18.0 Å². The zero-order valence-electron chi connectivity index (χ0n) is 23.4. The Kier molecular flexibility index (Phi) is 11.5. The van der Waals surface area contributed by atoms with Gasteiger partial charge in [0, 0.05) is 34.1 Å². The van der Waals surface area contributed by atoms with Crippen LogP contribution in [0.1, 0.15) is 37.0 Å². The fourth-order valence-electron chi connectivity index (χ4n) is 4.29. The highest BCUT2D eigenvalue weighted by Gasteiger charge is 2.34. The van der Waals surface area contributed by atoms with E-state index in [1.165, 1.54) is 4.90 Å². The summed E-state index contributed by atoms with van der Waals surface area (Å²) >= 11 is 18.9. The van der Waals surface area contributed by atoms with Gasteiger partial charge in [-0.05, 0) is 61.2 Å². The molecule has 0 aliphatic heterocycles. The van der Waals surface area contributed by atoms with Crippen LogP contribution in [0.25, 0.3) is 0 Å². The number of rotatable bonds is 12. The molecule has 0 heterocycles. The molecular formula is C30H34Cl3N3O4S. The fraction of sp³-hybridized carbons (Fsp3) is 0.333. The summed E-state index contributed by atoms with van der Waals surface area (Å²) in [4.78, 5) is 29.3. The van der Waals surface area contributed by atoms with Crippen molar-refractivity contribution in [2.24, 2.45) is 0 Å². The maximum absolute atomic E-state index is 14.2. The molecule has 0 saturated carbocycles. The highest BCUT2D eigenvalue weighted by Crippen LogP contribution is 2.29. The van der Waals surface area contributed by atoms with E-state index in [1.54, 1.807) is 43.3 Å². The average Bonchev–Trinajstić information content (AvgIpc) is 2.91.